The summed E-state index contributed by atoms with van der Waals surface area (Å²) in [6, 6.07) is 12.7. The van der Waals surface area contributed by atoms with Crippen molar-refractivity contribution in [3.8, 4) is 12.3 Å². The Morgan fingerprint density at radius 3 is 2.88 bits per heavy atom. The van der Waals surface area contributed by atoms with E-state index >= 15 is 0 Å². The van der Waals surface area contributed by atoms with Crippen LogP contribution in [0.5, 0.6) is 0 Å². The summed E-state index contributed by atoms with van der Waals surface area (Å²) < 4.78 is 26.1. The lowest BCUT2D eigenvalue weighted by atomic mass is 10.0. The quantitative estimate of drug-likeness (QED) is 0.651. The van der Waals surface area contributed by atoms with Crippen LogP contribution in [0.15, 0.2) is 42.5 Å². The van der Waals surface area contributed by atoms with Crippen molar-refractivity contribution in [2.75, 3.05) is 31.4 Å². The largest absolute Gasteiger partial charge is 0.392 e. The number of nitrogens with zero attached hydrogens (tertiary/aromatic N) is 2. The van der Waals surface area contributed by atoms with Gasteiger partial charge < -0.3 is 10.0 Å². The summed E-state index contributed by atoms with van der Waals surface area (Å²) in [7, 11) is -1.55. The molecule has 32 heavy (non-hydrogen) atoms. The molecule has 1 fully saturated rings. The molecule has 2 aliphatic rings. The molecular formula is C24H27N3O4S. The van der Waals surface area contributed by atoms with Crippen molar-refractivity contribution < 1.29 is 18.3 Å². The lowest BCUT2D eigenvalue weighted by Crippen LogP contribution is -2.39. The van der Waals surface area contributed by atoms with Crippen LogP contribution in [0.1, 0.15) is 34.7 Å². The molecule has 1 saturated heterocycles. The van der Waals surface area contributed by atoms with Gasteiger partial charge in [0.2, 0.25) is 15.9 Å². The number of likely N-dealkylation sites (tertiary alicyclic amines) is 1. The monoisotopic (exact) mass is 453 g/mol. The van der Waals surface area contributed by atoms with E-state index in [1.165, 1.54) is 0 Å². The number of anilines is 1. The Morgan fingerprint density at radius 2 is 2.16 bits per heavy atom. The van der Waals surface area contributed by atoms with Crippen LogP contribution in [-0.2, 0) is 27.0 Å². The van der Waals surface area contributed by atoms with E-state index in [1.807, 2.05) is 24.3 Å². The highest BCUT2D eigenvalue weighted by Gasteiger charge is 2.29. The molecule has 0 spiro atoms. The Bertz CT molecular complexity index is 1170. The number of hydrogen-bond donors (Lipinski definition) is 2. The van der Waals surface area contributed by atoms with Gasteiger partial charge in [-0.3, -0.25) is 14.4 Å². The van der Waals surface area contributed by atoms with Gasteiger partial charge in [-0.1, -0.05) is 30.2 Å². The molecular weight excluding hydrogens is 426 g/mol. The van der Waals surface area contributed by atoms with Crippen molar-refractivity contribution in [1.29, 1.82) is 0 Å². The Labute approximate surface area is 189 Å². The molecule has 8 heteroatoms. The number of likely N-dealkylation sites (N-methyl/N-ethyl adjacent to an activating group) is 1. The maximum absolute atomic E-state index is 13.2. The molecule has 0 aliphatic carbocycles. The number of terminal acetylenes is 1. The van der Waals surface area contributed by atoms with Gasteiger partial charge >= 0.3 is 0 Å². The van der Waals surface area contributed by atoms with Gasteiger partial charge in [0.15, 0.2) is 0 Å². The summed E-state index contributed by atoms with van der Waals surface area (Å²) in [6.45, 7) is 1.95. The third kappa shape index (κ3) is 4.96. The smallest absolute Gasteiger partial charge is 0.237 e. The molecule has 2 atom stereocenters. The number of carbonyl (C=O) groups excluding carboxylic acids is 1. The fourth-order valence-corrected chi connectivity index (χ4v) is 5.60. The summed E-state index contributed by atoms with van der Waals surface area (Å²) >= 11 is 0. The second-order valence-electron chi connectivity index (χ2n) is 8.52. The zero-order valence-corrected chi connectivity index (χ0v) is 18.8. The average Bonchev–Trinajstić information content (AvgIpc) is 3.31. The minimum absolute atomic E-state index is 0.0360. The van der Waals surface area contributed by atoms with Crippen LogP contribution in [-0.4, -0.2) is 62.0 Å². The van der Waals surface area contributed by atoms with Crippen LogP contribution < -0.4 is 4.72 Å². The zero-order chi connectivity index (χ0) is 22.9. The van der Waals surface area contributed by atoms with E-state index < -0.39 is 10.0 Å². The molecule has 2 heterocycles. The van der Waals surface area contributed by atoms with E-state index in [-0.39, 0.29) is 30.2 Å². The highest BCUT2D eigenvalue weighted by molar-refractivity contribution is 7.92. The van der Waals surface area contributed by atoms with Crippen molar-refractivity contribution in [2.45, 2.75) is 30.7 Å². The first-order valence-electron chi connectivity index (χ1n) is 10.6. The topological polar surface area (TPSA) is 89.9 Å². The van der Waals surface area contributed by atoms with Crippen LogP contribution in [0.3, 0.4) is 0 Å². The fourth-order valence-electron chi connectivity index (χ4n) is 4.35. The Kier molecular flexibility index (Phi) is 6.24. The van der Waals surface area contributed by atoms with Crippen molar-refractivity contribution in [3.05, 3.63) is 64.7 Å². The van der Waals surface area contributed by atoms with E-state index in [4.69, 9.17) is 6.42 Å². The van der Waals surface area contributed by atoms with Gasteiger partial charge in [0.1, 0.15) is 0 Å². The van der Waals surface area contributed by atoms with Crippen molar-refractivity contribution in [1.82, 2.24) is 9.80 Å². The van der Waals surface area contributed by atoms with Gasteiger partial charge in [0.25, 0.3) is 0 Å². The SMILES string of the molecule is C#Cc1cccc([C@@H](CN2CC[C@H](O)C2)N(C)C(=O)Cc2ccc3c(c2)NS(=O)(=O)C3)c1. The number of β-amino-alcohol motifs (C(OH)–C–C–N with tert-alkyl or cyclic N) is 1. The van der Waals surface area contributed by atoms with E-state index in [1.54, 1.807) is 30.1 Å². The molecule has 2 aromatic carbocycles. The number of rotatable bonds is 6. The minimum Gasteiger partial charge on any atom is -0.392 e. The molecule has 0 radical (unpaired) electrons. The number of carbonyl (C=O) groups is 1. The van der Waals surface area contributed by atoms with Gasteiger partial charge in [0, 0.05) is 32.2 Å². The first kappa shape index (κ1) is 22.3. The lowest BCUT2D eigenvalue weighted by molar-refractivity contribution is -0.131. The summed E-state index contributed by atoms with van der Waals surface area (Å²) in [5.74, 6) is 2.53. The molecule has 2 N–H and O–H groups in total. The molecule has 0 unspecified atom stereocenters. The normalized spacial score (nSPS) is 20.2. The zero-order valence-electron chi connectivity index (χ0n) is 18.0. The predicted octanol–water partition coefficient (Wildman–Crippen LogP) is 1.73. The summed E-state index contributed by atoms with van der Waals surface area (Å²) in [6.07, 6.45) is 6.11. The minimum atomic E-state index is -3.33. The van der Waals surface area contributed by atoms with Crippen molar-refractivity contribution in [3.63, 3.8) is 0 Å². The average molecular weight is 454 g/mol. The van der Waals surface area contributed by atoms with E-state index in [0.29, 0.717) is 24.3 Å². The van der Waals surface area contributed by atoms with Crippen LogP contribution in [0.2, 0.25) is 0 Å². The number of benzene rings is 2. The van der Waals surface area contributed by atoms with Crippen LogP contribution in [0.4, 0.5) is 5.69 Å². The maximum Gasteiger partial charge on any atom is 0.237 e. The molecule has 0 bridgehead atoms. The molecule has 4 rings (SSSR count). The third-order valence-electron chi connectivity index (χ3n) is 6.12. The van der Waals surface area contributed by atoms with E-state index in [2.05, 4.69) is 15.5 Å². The lowest BCUT2D eigenvalue weighted by Gasteiger charge is -2.32. The predicted molar refractivity (Wildman–Crippen MR) is 123 cm³/mol. The van der Waals surface area contributed by atoms with Gasteiger partial charge in [-0.05, 0) is 41.3 Å². The highest BCUT2D eigenvalue weighted by atomic mass is 32.2. The van der Waals surface area contributed by atoms with Crippen LogP contribution in [0, 0.1) is 12.3 Å². The Hall–Kier alpha value is -2.86. The van der Waals surface area contributed by atoms with E-state index in [9.17, 15) is 18.3 Å². The number of nitrogens with one attached hydrogen (secondary N) is 1. The number of aliphatic hydroxyl groups excluding tert-OH is 1. The van der Waals surface area contributed by atoms with Gasteiger partial charge in [-0.15, -0.1) is 6.42 Å². The Morgan fingerprint density at radius 1 is 1.34 bits per heavy atom. The molecule has 2 aliphatic heterocycles. The first-order chi connectivity index (χ1) is 15.2. The van der Waals surface area contributed by atoms with Crippen LogP contribution >= 0.6 is 0 Å². The van der Waals surface area contributed by atoms with Gasteiger partial charge in [-0.25, -0.2) is 8.42 Å². The number of hydrogen-bond acceptors (Lipinski definition) is 5. The molecule has 1 amide bonds. The summed E-state index contributed by atoms with van der Waals surface area (Å²) in [4.78, 5) is 17.1. The van der Waals surface area contributed by atoms with Crippen molar-refractivity contribution in [2.24, 2.45) is 0 Å². The highest BCUT2D eigenvalue weighted by Crippen LogP contribution is 2.29. The van der Waals surface area contributed by atoms with Gasteiger partial charge in [-0.2, -0.15) is 0 Å². The van der Waals surface area contributed by atoms with Crippen molar-refractivity contribution >= 4 is 21.6 Å². The fraction of sp³-hybridized carbons (Fsp3) is 0.375. The standard InChI is InChI=1S/C24H27N3O4S/c1-3-17-5-4-6-19(11-17)23(15-27-10-9-21(28)14-27)26(2)24(29)13-18-7-8-20-16-32(30,31)25-22(20)12-18/h1,4-8,11-12,21,23,25,28H,9-10,13-16H2,2H3/t21-,23+/m0/s1. The third-order valence-corrected chi connectivity index (χ3v) is 7.34. The summed E-state index contributed by atoms with van der Waals surface area (Å²) in [5.41, 5.74) is 3.70. The maximum atomic E-state index is 13.2. The van der Waals surface area contributed by atoms with Crippen LogP contribution in [0.25, 0.3) is 0 Å². The molecule has 7 nitrogen and oxygen atoms in total. The summed E-state index contributed by atoms with van der Waals surface area (Å²) in [5, 5.41) is 9.92. The van der Waals surface area contributed by atoms with Gasteiger partial charge in [0.05, 0.1) is 30.0 Å². The van der Waals surface area contributed by atoms with E-state index in [0.717, 1.165) is 29.7 Å². The molecule has 2 aromatic rings. The number of amides is 1. The molecule has 0 saturated carbocycles. The second kappa shape index (κ2) is 8.94. The first-order valence-corrected chi connectivity index (χ1v) is 12.2. The molecule has 0 aromatic heterocycles. The Balaban J connectivity index is 1.54. The number of aliphatic hydroxyl groups is 1. The number of sulfonamides is 1. The second-order valence-corrected chi connectivity index (χ2v) is 10.2. The molecule has 168 valence electrons. The number of fused-ring (bicyclic) bond motifs is 1.